The van der Waals surface area contributed by atoms with Gasteiger partial charge in [0.2, 0.25) is 0 Å². The normalized spacial score (nSPS) is 25.9. The van der Waals surface area contributed by atoms with Gasteiger partial charge in [-0.05, 0) is 31.7 Å². The third kappa shape index (κ3) is 3.21. The molecule has 0 aliphatic carbocycles. The molecule has 0 saturated heterocycles. The number of nitrogens with two attached hydrogens (primary N) is 1. The summed E-state index contributed by atoms with van der Waals surface area (Å²) < 4.78 is 11.5. The lowest BCUT2D eigenvalue weighted by Gasteiger charge is -2.39. The van der Waals surface area contributed by atoms with Crippen molar-refractivity contribution < 1.29 is 9.47 Å². The highest BCUT2D eigenvalue weighted by atomic mass is 16.5. The molecule has 19 heavy (non-hydrogen) atoms. The molecule has 106 valence electrons. The van der Waals surface area contributed by atoms with Crippen LogP contribution in [0.3, 0.4) is 0 Å². The third-order valence-corrected chi connectivity index (χ3v) is 3.88. The summed E-state index contributed by atoms with van der Waals surface area (Å²) in [6, 6.07) is 5.95. The highest BCUT2D eigenvalue weighted by Gasteiger charge is 2.35. The average molecular weight is 263 g/mol. The first-order chi connectivity index (χ1) is 8.93. The number of ether oxygens (including phenoxy) is 2. The van der Waals surface area contributed by atoms with Crippen LogP contribution in [0.1, 0.15) is 51.6 Å². The Hall–Kier alpha value is -1.22. The molecule has 2 rings (SSSR count). The van der Waals surface area contributed by atoms with Crippen LogP contribution in [0.5, 0.6) is 11.5 Å². The Labute approximate surface area is 116 Å². The second-order valence-electron chi connectivity index (χ2n) is 6.20. The molecule has 1 aromatic rings. The maximum atomic E-state index is 6.30. The van der Waals surface area contributed by atoms with Gasteiger partial charge in [-0.15, -0.1) is 0 Å². The Bertz CT molecular complexity index is 444. The fraction of sp³-hybridized carbons (Fsp3) is 0.625. The van der Waals surface area contributed by atoms with Gasteiger partial charge in [-0.25, -0.2) is 0 Å². The second-order valence-corrected chi connectivity index (χ2v) is 6.20. The van der Waals surface area contributed by atoms with Gasteiger partial charge in [-0.2, -0.15) is 0 Å². The standard InChI is InChI=1S/C16H25NO2/c1-11(2)7-8-16(3)10-14(17)13-6-5-12(18-4)9-15(13)19-16/h5-6,9,11,14H,7-8,10,17H2,1-4H3/t14-,16?/m0/s1. The highest BCUT2D eigenvalue weighted by Crippen LogP contribution is 2.42. The fourth-order valence-corrected chi connectivity index (χ4v) is 2.67. The minimum absolute atomic E-state index is 0.0480. The molecule has 0 amide bonds. The zero-order valence-electron chi connectivity index (χ0n) is 12.4. The molecule has 3 heteroatoms. The van der Waals surface area contributed by atoms with E-state index < -0.39 is 0 Å². The fourth-order valence-electron chi connectivity index (χ4n) is 2.67. The van der Waals surface area contributed by atoms with Crippen molar-refractivity contribution in [2.24, 2.45) is 11.7 Å². The number of fused-ring (bicyclic) bond motifs is 1. The molecule has 3 nitrogen and oxygen atoms in total. The van der Waals surface area contributed by atoms with Crippen LogP contribution in [0.4, 0.5) is 0 Å². The SMILES string of the molecule is COc1ccc2c(c1)OC(C)(CCC(C)C)C[C@@H]2N. The van der Waals surface area contributed by atoms with E-state index in [4.69, 9.17) is 15.2 Å². The van der Waals surface area contributed by atoms with E-state index in [1.54, 1.807) is 7.11 Å². The number of rotatable bonds is 4. The van der Waals surface area contributed by atoms with Crippen LogP contribution < -0.4 is 15.2 Å². The van der Waals surface area contributed by atoms with Gasteiger partial charge in [-0.1, -0.05) is 19.9 Å². The minimum Gasteiger partial charge on any atom is -0.497 e. The van der Waals surface area contributed by atoms with Crippen molar-refractivity contribution in [3.05, 3.63) is 23.8 Å². The van der Waals surface area contributed by atoms with Gasteiger partial charge in [0.1, 0.15) is 17.1 Å². The summed E-state index contributed by atoms with van der Waals surface area (Å²) in [6.07, 6.45) is 3.07. The van der Waals surface area contributed by atoms with E-state index in [0.717, 1.165) is 36.3 Å². The molecule has 0 saturated carbocycles. The van der Waals surface area contributed by atoms with Crippen molar-refractivity contribution in [1.82, 2.24) is 0 Å². The summed E-state index contributed by atoms with van der Waals surface area (Å²) in [5.41, 5.74) is 7.22. The van der Waals surface area contributed by atoms with Gasteiger partial charge in [-0.3, -0.25) is 0 Å². The number of methoxy groups -OCH3 is 1. The largest absolute Gasteiger partial charge is 0.497 e. The highest BCUT2D eigenvalue weighted by molar-refractivity contribution is 5.44. The van der Waals surface area contributed by atoms with Crippen LogP contribution in [0.15, 0.2) is 18.2 Å². The van der Waals surface area contributed by atoms with Crippen molar-refractivity contribution >= 4 is 0 Å². The van der Waals surface area contributed by atoms with Crippen LogP contribution in [0, 0.1) is 5.92 Å². The quantitative estimate of drug-likeness (QED) is 0.901. The van der Waals surface area contributed by atoms with Gasteiger partial charge in [0, 0.05) is 24.1 Å². The summed E-state index contributed by atoms with van der Waals surface area (Å²) in [5.74, 6) is 2.38. The first-order valence-electron chi connectivity index (χ1n) is 7.06. The molecule has 0 spiro atoms. The van der Waals surface area contributed by atoms with Crippen LogP contribution in [0.25, 0.3) is 0 Å². The molecule has 1 heterocycles. The second kappa shape index (κ2) is 5.41. The van der Waals surface area contributed by atoms with Crippen molar-refractivity contribution in [2.45, 2.75) is 51.7 Å². The Kier molecular flexibility index (Phi) is 4.04. The lowest BCUT2D eigenvalue weighted by atomic mass is 9.84. The summed E-state index contributed by atoms with van der Waals surface area (Å²) in [4.78, 5) is 0. The zero-order valence-corrected chi connectivity index (χ0v) is 12.4. The van der Waals surface area contributed by atoms with E-state index in [-0.39, 0.29) is 11.6 Å². The summed E-state index contributed by atoms with van der Waals surface area (Å²) in [6.45, 7) is 6.64. The first-order valence-corrected chi connectivity index (χ1v) is 7.06. The number of hydrogen-bond donors (Lipinski definition) is 1. The molecule has 2 N–H and O–H groups in total. The van der Waals surface area contributed by atoms with Gasteiger partial charge in [0.15, 0.2) is 0 Å². The van der Waals surface area contributed by atoms with Crippen molar-refractivity contribution in [2.75, 3.05) is 7.11 Å². The van der Waals surface area contributed by atoms with Gasteiger partial charge in [0.25, 0.3) is 0 Å². The van der Waals surface area contributed by atoms with Crippen LogP contribution in [-0.4, -0.2) is 12.7 Å². The molecule has 2 atom stereocenters. The van der Waals surface area contributed by atoms with Crippen LogP contribution in [0.2, 0.25) is 0 Å². The van der Waals surface area contributed by atoms with Crippen molar-refractivity contribution in [3.8, 4) is 11.5 Å². The van der Waals surface area contributed by atoms with E-state index in [1.165, 1.54) is 0 Å². The van der Waals surface area contributed by atoms with Gasteiger partial charge < -0.3 is 15.2 Å². The minimum atomic E-state index is -0.164. The summed E-state index contributed by atoms with van der Waals surface area (Å²) >= 11 is 0. The molecule has 0 fully saturated rings. The van der Waals surface area contributed by atoms with E-state index in [1.807, 2.05) is 18.2 Å². The predicted molar refractivity (Wildman–Crippen MR) is 77.6 cm³/mol. The zero-order chi connectivity index (χ0) is 14.0. The molecule has 1 aliphatic rings. The van der Waals surface area contributed by atoms with Crippen LogP contribution >= 0.6 is 0 Å². The molecular formula is C16H25NO2. The monoisotopic (exact) mass is 263 g/mol. The topological polar surface area (TPSA) is 44.5 Å². The first kappa shape index (κ1) is 14.2. The average Bonchev–Trinajstić information content (AvgIpc) is 2.35. The Morgan fingerprint density at radius 1 is 1.47 bits per heavy atom. The third-order valence-electron chi connectivity index (χ3n) is 3.88. The van der Waals surface area contributed by atoms with E-state index in [2.05, 4.69) is 20.8 Å². The van der Waals surface area contributed by atoms with Gasteiger partial charge >= 0.3 is 0 Å². The molecule has 0 aromatic heterocycles. The number of benzene rings is 1. The molecule has 0 bridgehead atoms. The molecular weight excluding hydrogens is 238 g/mol. The molecule has 1 unspecified atom stereocenters. The number of hydrogen-bond acceptors (Lipinski definition) is 3. The smallest absolute Gasteiger partial charge is 0.128 e. The maximum absolute atomic E-state index is 6.30. The van der Waals surface area contributed by atoms with Crippen molar-refractivity contribution in [3.63, 3.8) is 0 Å². The van der Waals surface area contributed by atoms with E-state index in [0.29, 0.717) is 5.92 Å². The van der Waals surface area contributed by atoms with E-state index >= 15 is 0 Å². The Balaban J connectivity index is 2.21. The summed E-state index contributed by atoms with van der Waals surface area (Å²) in [5, 5.41) is 0. The summed E-state index contributed by atoms with van der Waals surface area (Å²) in [7, 11) is 1.67. The Morgan fingerprint density at radius 3 is 2.84 bits per heavy atom. The van der Waals surface area contributed by atoms with Crippen LogP contribution in [-0.2, 0) is 0 Å². The van der Waals surface area contributed by atoms with Gasteiger partial charge in [0.05, 0.1) is 7.11 Å². The lowest BCUT2D eigenvalue weighted by Crippen LogP contribution is -2.40. The molecule has 1 aliphatic heterocycles. The molecule has 0 radical (unpaired) electrons. The van der Waals surface area contributed by atoms with Crippen molar-refractivity contribution in [1.29, 1.82) is 0 Å². The maximum Gasteiger partial charge on any atom is 0.128 e. The lowest BCUT2D eigenvalue weighted by molar-refractivity contribution is 0.0402. The Morgan fingerprint density at radius 2 is 2.21 bits per heavy atom. The van der Waals surface area contributed by atoms with E-state index in [9.17, 15) is 0 Å². The molecule has 1 aromatic carbocycles. The predicted octanol–water partition coefficient (Wildman–Crippen LogP) is 3.67.